The van der Waals surface area contributed by atoms with E-state index in [1.54, 1.807) is 0 Å². The van der Waals surface area contributed by atoms with Gasteiger partial charge in [0.05, 0.1) is 5.75 Å². The molecule has 80 valence electrons. The summed E-state index contributed by atoms with van der Waals surface area (Å²) >= 11 is 0. The van der Waals surface area contributed by atoms with Gasteiger partial charge in [0.15, 0.2) is 0 Å². The maximum Gasteiger partial charge on any atom is 0.503 e. The van der Waals surface area contributed by atoms with E-state index >= 15 is 0 Å². The first-order chi connectivity index (χ1) is 5.79. The summed E-state index contributed by atoms with van der Waals surface area (Å²) in [6.45, 7) is 1.98. The zero-order valence-corrected chi connectivity index (χ0v) is 8.12. The van der Waals surface area contributed by atoms with Crippen LogP contribution in [0.15, 0.2) is 0 Å². The molecule has 0 bridgehead atoms. The van der Waals surface area contributed by atoms with E-state index < -0.39 is 16.3 Å². The molecule has 0 aromatic heterocycles. The molecular formula is C6H14O6S. The highest BCUT2D eigenvalue weighted by Gasteiger charge is 2.01. The van der Waals surface area contributed by atoms with Crippen molar-refractivity contribution in [2.45, 2.75) is 26.2 Å². The third-order valence-corrected chi connectivity index (χ3v) is 1.81. The first kappa shape index (κ1) is 14.7. The molecule has 0 spiro atoms. The zero-order valence-electron chi connectivity index (χ0n) is 7.30. The fraction of sp³-hybridized carbons (Fsp3) is 0.833. The Morgan fingerprint density at radius 1 is 1.23 bits per heavy atom. The highest BCUT2D eigenvalue weighted by atomic mass is 32.2. The van der Waals surface area contributed by atoms with Gasteiger partial charge in [0.1, 0.15) is 0 Å². The van der Waals surface area contributed by atoms with E-state index in [2.05, 4.69) is 0 Å². The molecule has 7 heteroatoms. The topological polar surface area (TPSA) is 112 Å². The lowest BCUT2D eigenvalue weighted by Gasteiger charge is -1.92. The van der Waals surface area contributed by atoms with E-state index in [1.165, 1.54) is 0 Å². The number of carboxylic acid groups (broad SMARTS) is 2. The van der Waals surface area contributed by atoms with Crippen LogP contribution in [0.5, 0.6) is 0 Å². The molecule has 0 unspecified atom stereocenters. The van der Waals surface area contributed by atoms with Crippen molar-refractivity contribution in [1.82, 2.24) is 0 Å². The lowest BCUT2D eigenvalue weighted by atomic mass is 10.3. The van der Waals surface area contributed by atoms with E-state index in [9.17, 15) is 8.42 Å². The van der Waals surface area contributed by atoms with E-state index in [0.717, 1.165) is 12.8 Å². The molecule has 0 aliphatic heterocycles. The summed E-state index contributed by atoms with van der Waals surface area (Å²) in [5.41, 5.74) is 0. The Labute approximate surface area is 76.9 Å². The molecule has 0 aliphatic carbocycles. The fourth-order valence-corrected chi connectivity index (χ4v) is 1.10. The molecule has 0 aromatic carbocycles. The number of unbranched alkanes of at least 4 members (excludes halogenated alkanes) is 2. The van der Waals surface area contributed by atoms with Gasteiger partial charge in [0.2, 0.25) is 0 Å². The van der Waals surface area contributed by atoms with Gasteiger partial charge in [-0.3, -0.25) is 4.55 Å². The first-order valence-electron chi connectivity index (χ1n) is 3.66. The van der Waals surface area contributed by atoms with Gasteiger partial charge >= 0.3 is 6.16 Å². The summed E-state index contributed by atoms with van der Waals surface area (Å²) in [5, 5.41) is 13.9. The Hall–Kier alpha value is -0.820. The maximum atomic E-state index is 10.1. The van der Waals surface area contributed by atoms with Gasteiger partial charge in [-0.2, -0.15) is 8.42 Å². The van der Waals surface area contributed by atoms with Gasteiger partial charge in [-0.1, -0.05) is 19.8 Å². The van der Waals surface area contributed by atoms with Gasteiger partial charge < -0.3 is 10.2 Å². The minimum absolute atomic E-state index is 0.0964. The van der Waals surface area contributed by atoms with Crippen molar-refractivity contribution in [3.63, 3.8) is 0 Å². The van der Waals surface area contributed by atoms with Gasteiger partial charge in [-0.05, 0) is 6.42 Å². The van der Waals surface area contributed by atoms with Crippen LogP contribution in [0.2, 0.25) is 0 Å². The molecule has 6 nitrogen and oxygen atoms in total. The van der Waals surface area contributed by atoms with E-state index in [-0.39, 0.29) is 5.75 Å². The Morgan fingerprint density at radius 2 is 1.62 bits per heavy atom. The monoisotopic (exact) mass is 214 g/mol. The standard InChI is InChI=1S/C5H12O3S.CH2O3/c1-2-3-4-5-9(6,7)8;2-1(3)4/h2-5H2,1H3,(H,6,7,8);(H2,2,3,4). The zero-order chi connectivity index (χ0) is 10.9. The molecule has 3 N–H and O–H groups in total. The van der Waals surface area contributed by atoms with Crippen molar-refractivity contribution in [3.05, 3.63) is 0 Å². The van der Waals surface area contributed by atoms with Crippen LogP contribution in [0.3, 0.4) is 0 Å². The van der Waals surface area contributed by atoms with Gasteiger partial charge in [0.25, 0.3) is 10.1 Å². The minimum atomic E-state index is -3.70. The molecule has 0 heterocycles. The van der Waals surface area contributed by atoms with E-state index in [1.807, 2.05) is 6.92 Å². The third kappa shape index (κ3) is 35.1. The Morgan fingerprint density at radius 3 is 1.85 bits per heavy atom. The summed E-state index contributed by atoms with van der Waals surface area (Å²) in [7, 11) is -3.70. The second kappa shape index (κ2) is 7.81. The van der Waals surface area contributed by atoms with Crippen molar-refractivity contribution >= 4 is 16.3 Å². The summed E-state index contributed by atoms with van der Waals surface area (Å²) in [4.78, 5) is 8.56. The number of hydrogen-bond acceptors (Lipinski definition) is 3. The highest BCUT2D eigenvalue weighted by Crippen LogP contribution is 1.96. The van der Waals surface area contributed by atoms with Crippen LogP contribution in [0, 0.1) is 0 Å². The van der Waals surface area contributed by atoms with Crippen LogP contribution in [-0.4, -0.2) is 35.1 Å². The number of hydrogen-bond donors (Lipinski definition) is 3. The van der Waals surface area contributed by atoms with Crippen LogP contribution in [0.25, 0.3) is 0 Å². The van der Waals surface area contributed by atoms with Gasteiger partial charge in [0, 0.05) is 0 Å². The van der Waals surface area contributed by atoms with E-state index in [4.69, 9.17) is 19.6 Å². The molecule has 13 heavy (non-hydrogen) atoms. The molecule has 0 atom stereocenters. The van der Waals surface area contributed by atoms with Crippen LogP contribution in [-0.2, 0) is 10.1 Å². The highest BCUT2D eigenvalue weighted by molar-refractivity contribution is 7.85. The average Bonchev–Trinajstić information content (AvgIpc) is 1.83. The summed E-state index contributed by atoms with van der Waals surface area (Å²) < 4.78 is 28.3. The van der Waals surface area contributed by atoms with E-state index in [0.29, 0.717) is 6.42 Å². The van der Waals surface area contributed by atoms with Crippen LogP contribution < -0.4 is 0 Å². The Kier molecular flexibility index (Phi) is 8.83. The second-order valence-electron chi connectivity index (χ2n) is 2.28. The molecular weight excluding hydrogens is 200 g/mol. The SMILES string of the molecule is CCCCCS(=O)(=O)O.O=C(O)O. The smallest absolute Gasteiger partial charge is 0.450 e. The van der Waals surface area contributed by atoms with Crippen LogP contribution >= 0.6 is 0 Å². The van der Waals surface area contributed by atoms with Gasteiger partial charge in [-0.25, -0.2) is 4.79 Å². The molecule has 0 radical (unpaired) electrons. The Balaban J connectivity index is 0. The largest absolute Gasteiger partial charge is 0.503 e. The molecule has 0 aromatic rings. The van der Waals surface area contributed by atoms with Crippen molar-refractivity contribution in [2.24, 2.45) is 0 Å². The molecule has 0 aliphatic rings. The molecule has 0 rings (SSSR count). The molecule has 0 amide bonds. The number of rotatable bonds is 4. The fourth-order valence-electron chi connectivity index (χ4n) is 0.534. The predicted molar refractivity (Wildman–Crippen MR) is 46.6 cm³/mol. The number of carbonyl (C=O) groups is 1. The molecule has 0 fully saturated rings. The summed E-state index contributed by atoms with van der Waals surface area (Å²) in [6.07, 6.45) is 0.560. The lowest BCUT2D eigenvalue weighted by molar-refractivity contribution is 0.137. The Bertz CT molecular complexity index is 215. The van der Waals surface area contributed by atoms with Gasteiger partial charge in [-0.15, -0.1) is 0 Å². The maximum absolute atomic E-state index is 10.1. The first-order valence-corrected chi connectivity index (χ1v) is 5.27. The quantitative estimate of drug-likeness (QED) is 0.480. The normalized spacial score (nSPS) is 10.0. The second-order valence-corrected chi connectivity index (χ2v) is 3.85. The van der Waals surface area contributed by atoms with Crippen molar-refractivity contribution in [2.75, 3.05) is 5.75 Å². The summed E-state index contributed by atoms with van der Waals surface area (Å²) in [5.74, 6) is -0.0964. The van der Waals surface area contributed by atoms with Crippen molar-refractivity contribution < 1.29 is 28.0 Å². The molecule has 0 saturated carbocycles. The average molecular weight is 214 g/mol. The minimum Gasteiger partial charge on any atom is -0.450 e. The van der Waals surface area contributed by atoms with Crippen molar-refractivity contribution in [3.8, 4) is 0 Å². The molecule has 0 saturated heterocycles. The van der Waals surface area contributed by atoms with Crippen molar-refractivity contribution in [1.29, 1.82) is 0 Å². The summed E-state index contributed by atoms with van der Waals surface area (Å²) in [6, 6.07) is 0. The van der Waals surface area contributed by atoms with Crippen LogP contribution in [0.1, 0.15) is 26.2 Å². The predicted octanol–water partition coefficient (Wildman–Crippen LogP) is 1.29. The third-order valence-electron chi connectivity index (χ3n) is 1.01. The van der Waals surface area contributed by atoms with Crippen LogP contribution in [0.4, 0.5) is 4.79 Å². The lowest BCUT2D eigenvalue weighted by Crippen LogP contribution is -2.02.